The summed E-state index contributed by atoms with van der Waals surface area (Å²) in [6.07, 6.45) is 3.52. The van der Waals surface area contributed by atoms with E-state index >= 15 is 0 Å². The van der Waals surface area contributed by atoms with Crippen molar-refractivity contribution in [3.05, 3.63) is 65.0 Å². The van der Waals surface area contributed by atoms with Gasteiger partial charge in [-0.25, -0.2) is 4.79 Å². The van der Waals surface area contributed by atoms with Crippen LogP contribution in [0.15, 0.2) is 48.1 Å². The second-order valence-corrected chi connectivity index (χ2v) is 5.74. The third-order valence-corrected chi connectivity index (χ3v) is 4.08. The minimum absolute atomic E-state index is 0.0998. The lowest BCUT2D eigenvalue weighted by atomic mass is 9.84. The molecule has 23 heavy (non-hydrogen) atoms. The minimum atomic E-state index is -1.22. The molecular formula is C16H11ClN4O2. The van der Waals surface area contributed by atoms with Gasteiger partial charge in [-0.2, -0.15) is 15.6 Å². The van der Waals surface area contributed by atoms with E-state index in [1.165, 1.54) is 0 Å². The molecule has 0 amide bonds. The quantitative estimate of drug-likeness (QED) is 0.844. The number of nitrogens with zero attached hydrogens (tertiary/aromatic N) is 3. The summed E-state index contributed by atoms with van der Waals surface area (Å²) in [6.45, 7) is 0. The molecular weight excluding hydrogens is 316 g/mol. The number of carboxylic acids is 1. The van der Waals surface area contributed by atoms with E-state index in [1.54, 1.807) is 12.2 Å². The van der Waals surface area contributed by atoms with Gasteiger partial charge in [-0.1, -0.05) is 42.5 Å². The Morgan fingerprint density at radius 1 is 1.35 bits per heavy atom. The number of H-pyrrole nitrogens is 1. The Kier molecular flexibility index (Phi) is 3.72. The van der Waals surface area contributed by atoms with Crippen LogP contribution in [0.2, 0.25) is 0 Å². The molecule has 1 aromatic carbocycles. The van der Waals surface area contributed by atoms with Gasteiger partial charge in [0.2, 0.25) is 0 Å². The van der Waals surface area contributed by atoms with Gasteiger partial charge < -0.3 is 5.11 Å². The highest BCUT2D eigenvalue weighted by molar-refractivity contribution is 6.26. The van der Waals surface area contributed by atoms with Crippen LogP contribution in [0.4, 0.5) is 0 Å². The number of benzene rings is 1. The number of hydrogen-bond acceptors (Lipinski definition) is 4. The molecule has 1 unspecified atom stereocenters. The Bertz CT molecular complexity index is 864. The van der Waals surface area contributed by atoms with Gasteiger partial charge in [-0.05, 0) is 11.1 Å². The number of carboxylic acid groups (broad SMARTS) is 1. The van der Waals surface area contributed by atoms with Crippen molar-refractivity contribution in [2.45, 2.75) is 11.3 Å². The highest BCUT2D eigenvalue weighted by Gasteiger charge is 2.38. The fourth-order valence-electron chi connectivity index (χ4n) is 2.55. The molecule has 1 aliphatic rings. The van der Waals surface area contributed by atoms with Gasteiger partial charge in [-0.3, -0.25) is 0 Å². The number of aromatic amines is 1. The normalized spacial score (nSPS) is 20.3. The van der Waals surface area contributed by atoms with Gasteiger partial charge >= 0.3 is 5.97 Å². The van der Waals surface area contributed by atoms with E-state index in [0.717, 1.165) is 11.1 Å². The lowest BCUT2D eigenvalue weighted by Gasteiger charge is -2.26. The maximum Gasteiger partial charge on any atom is 0.358 e. The summed E-state index contributed by atoms with van der Waals surface area (Å²) in [7, 11) is 0. The Morgan fingerprint density at radius 2 is 2.09 bits per heavy atom. The van der Waals surface area contributed by atoms with Crippen LogP contribution < -0.4 is 0 Å². The summed E-state index contributed by atoms with van der Waals surface area (Å²) in [5, 5.41) is 28.4. The summed E-state index contributed by atoms with van der Waals surface area (Å²) >= 11 is 6.56. The first-order valence-corrected chi connectivity index (χ1v) is 7.14. The van der Waals surface area contributed by atoms with Crippen molar-refractivity contribution in [3.8, 4) is 6.07 Å². The van der Waals surface area contributed by atoms with Gasteiger partial charge in [-0.15, -0.1) is 16.7 Å². The maximum absolute atomic E-state index is 11.2. The fraction of sp³-hybridized carbons (Fsp3) is 0.125. The van der Waals surface area contributed by atoms with Crippen molar-refractivity contribution in [2.24, 2.45) is 0 Å². The maximum atomic E-state index is 11.2. The monoisotopic (exact) mass is 326 g/mol. The van der Waals surface area contributed by atoms with Crippen LogP contribution in [0.3, 0.4) is 0 Å². The van der Waals surface area contributed by atoms with Crippen LogP contribution in [0.5, 0.6) is 0 Å². The van der Waals surface area contributed by atoms with Crippen molar-refractivity contribution in [2.75, 3.05) is 0 Å². The molecule has 0 saturated heterocycles. The van der Waals surface area contributed by atoms with Gasteiger partial charge in [0.1, 0.15) is 10.6 Å². The zero-order chi connectivity index (χ0) is 16.4. The molecule has 0 aliphatic heterocycles. The van der Waals surface area contributed by atoms with Crippen molar-refractivity contribution >= 4 is 23.1 Å². The molecule has 0 bridgehead atoms. The highest BCUT2D eigenvalue weighted by atomic mass is 35.5. The number of carbonyl (C=O) groups is 1. The summed E-state index contributed by atoms with van der Waals surface area (Å²) in [6, 6.07) is 11.6. The molecule has 3 rings (SSSR count). The molecule has 1 aliphatic carbocycles. The zero-order valence-electron chi connectivity index (χ0n) is 11.8. The summed E-state index contributed by atoms with van der Waals surface area (Å²) in [5.74, 6) is -1.22. The number of aromatic carboxylic acids is 1. The topological polar surface area (TPSA) is 103 Å². The molecule has 0 fully saturated rings. The second kappa shape index (κ2) is 5.71. The third-order valence-electron chi connectivity index (χ3n) is 3.64. The van der Waals surface area contributed by atoms with Crippen LogP contribution in [0.1, 0.15) is 28.2 Å². The van der Waals surface area contributed by atoms with Crippen molar-refractivity contribution in [1.29, 1.82) is 5.26 Å². The van der Waals surface area contributed by atoms with E-state index in [4.69, 9.17) is 11.6 Å². The van der Waals surface area contributed by atoms with Crippen LogP contribution in [-0.4, -0.2) is 26.5 Å². The van der Waals surface area contributed by atoms with E-state index in [0.29, 0.717) is 5.57 Å². The van der Waals surface area contributed by atoms with E-state index in [9.17, 15) is 15.2 Å². The lowest BCUT2D eigenvalue weighted by molar-refractivity contribution is 0.0688. The smallest absolute Gasteiger partial charge is 0.358 e. The van der Waals surface area contributed by atoms with Gasteiger partial charge in [0.15, 0.2) is 5.69 Å². The van der Waals surface area contributed by atoms with E-state index in [-0.39, 0.29) is 17.8 Å². The van der Waals surface area contributed by atoms with Crippen LogP contribution in [-0.2, 0) is 4.87 Å². The molecule has 1 heterocycles. The number of allylic oxidation sites excluding steroid dienone is 4. The molecule has 6 nitrogen and oxygen atoms in total. The average Bonchev–Trinajstić information content (AvgIpc) is 3.06. The van der Waals surface area contributed by atoms with Gasteiger partial charge in [0, 0.05) is 12.0 Å². The van der Waals surface area contributed by atoms with E-state index < -0.39 is 10.8 Å². The van der Waals surface area contributed by atoms with Crippen molar-refractivity contribution < 1.29 is 9.90 Å². The van der Waals surface area contributed by atoms with Crippen molar-refractivity contribution in [1.82, 2.24) is 15.4 Å². The third kappa shape index (κ3) is 2.62. The first-order chi connectivity index (χ1) is 11.0. The summed E-state index contributed by atoms with van der Waals surface area (Å²) < 4.78 is 0. The minimum Gasteiger partial charge on any atom is -0.476 e. The Labute approximate surface area is 136 Å². The Balaban J connectivity index is 2.04. The predicted molar refractivity (Wildman–Crippen MR) is 83.6 cm³/mol. The van der Waals surface area contributed by atoms with E-state index in [2.05, 4.69) is 21.5 Å². The molecule has 2 aromatic rings. The molecule has 1 atom stereocenters. The Morgan fingerprint density at radius 3 is 2.74 bits per heavy atom. The van der Waals surface area contributed by atoms with Gasteiger partial charge in [0.05, 0.1) is 6.07 Å². The molecule has 0 spiro atoms. The molecule has 1 aromatic heterocycles. The lowest BCUT2D eigenvalue weighted by Crippen LogP contribution is -2.23. The molecule has 0 radical (unpaired) electrons. The SMILES string of the molecule is N#CC1=C(c2ccccc2)C=CC(Cl)(c2n[nH]nc2C(=O)O)C1. The number of rotatable bonds is 3. The fourth-order valence-corrected chi connectivity index (χ4v) is 2.88. The van der Waals surface area contributed by atoms with Crippen LogP contribution in [0, 0.1) is 11.3 Å². The van der Waals surface area contributed by atoms with E-state index in [1.807, 2.05) is 30.3 Å². The highest BCUT2D eigenvalue weighted by Crippen LogP contribution is 2.43. The number of alkyl halides is 1. The summed E-state index contributed by atoms with van der Waals surface area (Å²) in [4.78, 5) is 10.0. The standard InChI is InChI=1S/C16H11ClN4O2/c17-16(14-13(15(22)23)19-21-20-14)7-6-12(11(8-16)9-18)10-4-2-1-3-5-10/h1-7H,8H2,(H,22,23)(H,19,20,21). The number of halogens is 1. The van der Waals surface area contributed by atoms with Crippen LogP contribution in [0.25, 0.3) is 5.57 Å². The number of hydrogen-bond donors (Lipinski definition) is 2. The molecule has 114 valence electrons. The molecule has 0 saturated carbocycles. The zero-order valence-corrected chi connectivity index (χ0v) is 12.6. The largest absolute Gasteiger partial charge is 0.476 e. The molecule has 2 N–H and O–H groups in total. The Hall–Kier alpha value is -2.91. The van der Waals surface area contributed by atoms with Gasteiger partial charge in [0.25, 0.3) is 0 Å². The second-order valence-electron chi connectivity index (χ2n) is 5.07. The number of aromatic nitrogens is 3. The number of nitriles is 1. The summed E-state index contributed by atoms with van der Waals surface area (Å²) in [5.41, 5.74) is 1.99. The van der Waals surface area contributed by atoms with Crippen LogP contribution >= 0.6 is 11.6 Å². The molecule has 7 heteroatoms. The number of nitrogens with one attached hydrogen (secondary N) is 1. The first kappa shape index (κ1) is 15.0. The predicted octanol–water partition coefficient (Wildman–Crippen LogP) is 2.87. The van der Waals surface area contributed by atoms with Crippen molar-refractivity contribution in [3.63, 3.8) is 0 Å². The average molecular weight is 327 g/mol. The first-order valence-electron chi connectivity index (χ1n) is 6.76.